The highest BCUT2D eigenvalue weighted by Gasteiger charge is 2.30. The summed E-state index contributed by atoms with van der Waals surface area (Å²) in [4.78, 5) is 14.6. The van der Waals surface area contributed by atoms with E-state index in [-0.39, 0.29) is 0 Å². The van der Waals surface area contributed by atoms with Crippen molar-refractivity contribution in [1.29, 1.82) is 0 Å². The number of ether oxygens (including phenoxy) is 1. The third-order valence-corrected chi connectivity index (χ3v) is 7.10. The minimum atomic E-state index is 0.493. The number of likely N-dealkylation sites (N-methyl/N-ethyl adjacent to an activating group) is 1. The van der Waals surface area contributed by atoms with Crippen LogP contribution in [-0.4, -0.2) is 53.7 Å². The third-order valence-electron chi connectivity index (χ3n) is 7.10. The molecule has 2 aromatic rings. The van der Waals surface area contributed by atoms with Crippen LogP contribution in [0, 0.1) is 6.92 Å². The van der Waals surface area contributed by atoms with Gasteiger partial charge < -0.3 is 14.5 Å². The van der Waals surface area contributed by atoms with Crippen LogP contribution in [-0.2, 0) is 19.3 Å². The van der Waals surface area contributed by atoms with Crippen LogP contribution in [0.1, 0.15) is 48.2 Å². The van der Waals surface area contributed by atoms with Crippen LogP contribution in [0.25, 0.3) is 0 Å². The van der Waals surface area contributed by atoms with Gasteiger partial charge in [-0.1, -0.05) is 18.2 Å². The van der Waals surface area contributed by atoms with Gasteiger partial charge in [-0.15, -0.1) is 0 Å². The molecular formula is C24H32N4O. The van der Waals surface area contributed by atoms with Gasteiger partial charge in [-0.25, -0.2) is 4.98 Å². The first kappa shape index (κ1) is 18.9. The molecule has 0 bridgehead atoms. The fraction of sp³-hybridized carbons (Fsp3) is 0.583. The predicted molar refractivity (Wildman–Crippen MR) is 116 cm³/mol. The maximum absolute atomic E-state index is 6.07. The van der Waals surface area contributed by atoms with Crippen molar-refractivity contribution in [1.82, 2.24) is 14.9 Å². The normalized spacial score (nSPS) is 24.3. The first-order valence-corrected chi connectivity index (χ1v) is 11.2. The van der Waals surface area contributed by atoms with Crippen molar-refractivity contribution in [2.45, 2.75) is 64.0 Å². The first-order chi connectivity index (χ1) is 14.2. The zero-order chi connectivity index (χ0) is 19.8. The molecule has 1 fully saturated rings. The van der Waals surface area contributed by atoms with E-state index < -0.39 is 0 Å². The standard InChI is InChI=1S/C24H32N4O/c1-17-21-12-11-19(28-14-5-8-18-7-3-4-10-23(18)28)15-22(21)26-24(25-17)29-16-20-9-6-13-27(20)2/h3-4,7,10,19-20H,5-6,8-9,11-16H2,1-2H3/t19-,20-/m0/s1. The molecule has 0 unspecified atom stereocenters. The minimum absolute atomic E-state index is 0.493. The molecule has 1 saturated heterocycles. The Hall–Kier alpha value is -2.14. The molecule has 0 N–H and O–H groups in total. The molecule has 0 spiro atoms. The van der Waals surface area contributed by atoms with Crippen molar-refractivity contribution in [3.63, 3.8) is 0 Å². The lowest BCUT2D eigenvalue weighted by molar-refractivity contribution is 0.187. The quantitative estimate of drug-likeness (QED) is 0.796. The summed E-state index contributed by atoms with van der Waals surface area (Å²) in [5.74, 6) is 0. The number of aromatic nitrogens is 2. The van der Waals surface area contributed by atoms with Gasteiger partial charge in [0.25, 0.3) is 0 Å². The second-order valence-corrected chi connectivity index (χ2v) is 8.93. The van der Waals surface area contributed by atoms with Crippen molar-refractivity contribution < 1.29 is 4.74 Å². The Balaban J connectivity index is 1.34. The molecule has 1 aromatic carbocycles. The van der Waals surface area contributed by atoms with Gasteiger partial charge >= 0.3 is 6.01 Å². The van der Waals surface area contributed by atoms with Gasteiger partial charge in [-0.3, -0.25) is 0 Å². The van der Waals surface area contributed by atoms with E-state index in [1.807, 2.05) is 0 Å². The molecule has 3 aliphatic rings. The summed E-state index contributed by atoms with van der Waals surface area (Å²) in [6, 6.07) is 10.5. The summed E-state index contributed by atoms with van der Waals surface area (Å²) in [6.07, 6.45) is 8.14. The Kier molecular flexibility index (Phi) is 5.17. The Bertz CT molecular complexity index is 883. The van der Waals surface area contributed by atoms with E-state index >= 15 is 0 Å². The summed E-state index contributed by atoms with van der Waals surface area (Å²) in [6.45, 7) is 5.12. The largest absolute Gasteiger partial charge is 0.462 e. The van der Waals surface area contributed by atoms with Crippen molar-refractivity contribution in [2.75, 3.05) is 31.6 Å². The van der Waals surface area contributed by atoms with E-state index in [0.717, 1.165) is 31.6 Å². The summed E-state index contributed by atoms with van der Waals surface area (Å²) >= 11 is 0. The number of para-hydroxylation sites is 1. The maximum atomic E-state index is 6.07. The predicted octanol–water partition coefficient (Wildman–Crippen LogP) is 3.57. The van der Waals surface area contributed by atoms with Crippen LogP contribution in [0.2, 0.25) is 0 Å². The van der Waals surface area contributed by atoms with Crippen LogP contribution in [0.3, 0.4) is 0 Å². The van der Waals surface area contributed by atoms with Crippen molar-refractivity contribution >= 4 is 5.69 Å². The Morgan fingerprint density at radius 2 is 1.97 bits per heavy atom. The van der Waals surface area contributed by atoms with Gasteiger partial charge in [0.15, 0.2) is 0 Å². The molecule has 0 amide bonds. The zero-order valence-corrected chi connectivity index (χ0v) is 17.7. The molecule has 5 nitrogen and oxygen atoms in total. The van der Waals surface area contributed by atoms with Crippen molar-refractivity contribution in [3.8, 4) is 6.01 Å². The van der Waals surface area contributed by atoms with Crippen LogP contribution in [0.15, 0.2) is 24.3 Å². The lowest BCUT2D eigenvalue weighted by atomic mass is 9.88. The number of nitrogens with zero attached hydrogens (tertiary/aromatic N) is 4. The zero-order valence-electron chi connectivity index (χ0n) is 17.7. The van der Waals surface area contributed by atoms with E-state index in [2.05, 4.69) is 53.0 Å². The monoisotopic (exact) mass is 392 g/mol. The SMILES string of the molecule is Cc1nc(OC[C@@H]2CCCN2C)nc2c1CC[C@H](N1CCCc3ccccc31)C2. The van der Waals surface area contributed by atoms with E-state index in [4.69, 9.17) is 9.72 Å². The summed E-state index contributed by atoms with van der Waals surface area (Å²) in [7, 11) is 2.18. The fourth-order valence-corrected chi connectivity index (χ4v) is 5.39. The van der Waals surface area contributed by atoms with Gasteiger partial charge in [-0.05, 0) is 76.2 Å². The average molecular weight is 393 g/mol. The number of fused-ring (bicyclic) bond motifs is 2. The molecule has 0 radical (unpaired) electrons. The summed E-state index contributed by atoms with van der Waals surface area (Å²) < 4.78 is 6.07. The molecule has 1 aromatic heterocycles. The summed E-state index contributed by atoms with van der Waals surface area (Å²) in [5, 5.41) is 0. The van der Waals surface area contributed by atoms with Gasteiger partial charge in [0.1, 0.15) is 6.61 Å². The molecule has 2 aliphatic heterocycles. The van der Waals surface area contributed by atoms with E-state index in [9.17, 15) is 0 Å². The second kappa shape index (κ2) is 7.94. The topological polar surface area (TPSA) is 41.5 Å². The third kappa shape index (κ3) is 3.73. The number of aryl methyl sites for hydroxylation is 2. The Labute approximate surface area is 174 Å². The maximum Gasteiger partial charge on any atom is 0.316 e. The van der Waals surface area contributed by atoms with Gasteiger partial charge in [0, 0.05) is 36.4 Å². The number of hydrogen-bond donors (Lipinski definition) is 0. The van der Waals surface area contributed by atoms with Gasteiger partial charge in [0.05, 0.1) is 5.69 Å². The lowest BCUT2D eigenvalue weighted by Gasteiger charge is -2.40. The average Bonchev–Trinajstić information content (AvgIpc) is 3.16. The Morgan fingerprint density at radius 1 is 1.07 bits per heavy atom. The van der Waals surface area contributed by atoms with Crippen LogP contribution < -0.4 is 9.64 Å². The number of likely N-dealkylation sites (tertiary alicyclic amines) is 1. The number of rotatable bonds is 4. The highest BCUT2D eigenvalue weighted by molar-refractivity contribution is 5.56. The minimum Gasteiger partial charge on any atom is -0.462 e. The first-order valence-electron chi connectivity index (χ1n) is 11.2. The van der Waals surface area contributed by atoms with Crippen LogP contribution >= 0.6 is 0 Å². The van der Waals surface area contributed by atoms with E-state index in [1.165, 1.54) is 54.6 Å². The lowest BCUT2D eigenvalue weighted by Crippen LogP contribution is -2.43. The highest BCUT2D eigenvalue weighted by Crippen LogP contribution is 2.34. The fourth-order valence-electron chi connectivity index (χ4n) is 5.39. The number of hydrogen-bond acceptors (Lipinski definition) is 5. The molecule has 0 saturated carbocycles. The summed E-state index contributed by atoms with van der Waals surface area (Å²) in [5.41, 5.74) is 6.57. The van der Waals surface area contributed by atoms with E-state index in [1.54, 1.807) is 0 Å². The Morgan fingerprint density at radius 3 is 2.83 bits per heavy atom. The van der Waals surface area contributed by atoms with Crippen LogP contribution in [0.5, 0.6) is 6.01 Å². The molecular weight excluding hydrogens is 360 g/mol. The number of benzene rings is 1. The molecule has 29 heavy (non-hydrogen) atoms. The van der Waals surface area contributed by atoms with E-state index in [0.29, 0.717) is 24.7 Å². The molecule has 154 valence electrons. The van der Waals surface area contributed by atoms with Crippen molar-refractivity contribution in [2.24, 2.45) is 0 Å². The molecule has 5 rings (SSSR count). The molecule has 5 heteroatoms. The molecule has 1 aliphatic carbocycles. The smallest absolute Gasteiger partial charge is 0.316 e. The van der Waals surface area contributed by atoms with Crippen molar-refractivity contribution in [3.05, 3.63) is 46.8 Å². The van der Waals surface area contributed by atoms with Crippen LogP contribution in [0.4, 0.5) is 5.69 Å². The second-order valence-electron chi connectivity index (χ2n) is 8.93. The molecule has 3 heterocycles. The van der Waals surface area contributed by atoms with Gasteiger partial charge in [0.2, 0.25) is 0 Å². The highest BCUT2D eigenvalue weighted by atomic mass is 16.5. The molecule has 2 atom stereocenters. The number of anilines is 1. The van der Waals surface area contributed by atoms with Gasteiger partial charge in [-0.2, -0.15) is 4.98 Å².